The van der Waals surface area contributed by atoms with Crippen molar-refractivity contribution < 1.29 is 17.7 Å². The summed E-state index contributed by atoms with van der Waals surface area (Å²) >= 11 is 0. The van der Waals surface area contributed by atoms with Gasteiger partial charge >= 0.3 is 0 Å². The molecule has 1 rings (SSSR count). The van der Waals surface area contributed by atoms with Crippen LogP contribution in [0.15, 0.2) is 24.3 Å². The fraction of sp³-hybridized carbons (Fsp3) is 0.455. The molecule has 2 N–H and O–H groups in total. The summed E-state index contributed by atoms with van der Waals surface area (Å²) < 4.78 is 34.7. The first-order valence-corrected chi connectivity index (χ1v) is 6.96. The van der Waals surface area contributed by atoms with Crippen LogP contribution in [0.25, 0.3) is 0 Å². The van der Waals surface area contributed by atoms with Gasteiger partial charge in [-0.25, -0.2) is 0 Å². The van der Waals surface area contributed by atoms with Crippen molar-refractivity contribution in [2.45, 2.75) is 12.8 Å². The molecule has 0 amide bonds. The van der Waals surface area contributed by atoms with Crippen LogP contribution >= 0.6 is 0 Å². The molecule has 0 heterocycles. The van der Waals surface area contributed by atoms with E-state index in [0.29, 0.717) is 19.4 Å². The van der Waals surface area contributed by atoms with Gasteiger partial charge in [0.25, 0.3) is 10.1 Å². The van der Waals surface area contributed by atoms with Crippen molar-refractivity contribution >= 4 is 15.8 Å². The van der Waals surface area contributed by atoms with Crippen LogP contribution in [0.1, 0.15) is 12.8 Å². The quantitative estimate of drug-likeness (QED) is 0.576. The Bertz CT molecular complexity index is 445. The van der Waals surface area contributed by atoms with Crippen LogP contribution in [0.2, 0.25) is 0 Å². The molecule has 0 saturated carbocycles. The minimum absolute atomic E-state index is 0.194. The van der Waals surface area contributed by atoms with Gasteiger partial charge < -0.3 is 10.1 Å². The molecule has 6 heteroatoms. The summed E-state index contributed by atoms with van der Waals surface area (Å²) in [5.41, 5.74) is 0.877. The highest BCUT2D eigenvalue weighted by molar-refractivity contribution is 7.85. The second kappa shape index (κ2) is 6.46. The third-order valence-corrected chi connectivity index (χ3v) is 3.06. The van der Waals surface area contributed by atoms with E-state index in [0.717, 1.165) is 11.4 Å². The monoisotopic (exact) mass is 259 g/mol. The number of para-hydroxylation sites is 2. The Kier molecular flexibility index (Phi) is 5.24. The average Bonchev–Trinajstić information content (AvgIpc) is 2.27. The summed E-state index contributed by atoms with van der Waals surface area (Å²) in [7, 11) is -2.24. The van der Waals surface area contributed by atoms with E-state index in [1.54, 1.807) is 7.11 Å². The van der Waals surface area contributed by atoms with E-state index in [2.05, 4.69) is 5.32 Å². The molecule has 1 aromatic rings. The van der Waals surface area contributed by atoms with Crippen molar-refractivity contribution in [3.63, 3.8) is 0 Å². The first-order valence-electron chi connectivity index (χ1n) is 5.35. The van der Waals surface area contributed by atoms with Gasteiger partial charge in [-0.3, -0.25) is 4.55 Å². The van der Waals surface area contributed by atoms with Crippen molar-refractivity contribution in [3.05, 3.63) is 24.3 Å². The molecule has 0 bridgehead atoms. The van der Waals surface area contributed by atoms with Crippen LogP contribution in [0.3, 0.4) is 0 Å². The van der Waals surface area contributed by atoms with E-state index in [1.807, 2.05) is 24.3 Å². The lowest BCUT2D eigenvalue weighted by molar-refractivity contribution is 0.416. The van der Waals surface area contributed by atoms with E-state index < -0.39 is 10.1 Å². The van der Waals surface area contributed by atoms with Gasteiger partial charge in [0.15, 0.2) is 0 Å². The smallest absolute Gasteiger partial charge is 0.264 e. The van der Waals surface area contributed by atoms with Crippen LogP contribution in [-0.2, 0) is 10.1 Å². The molecule has 0 spiro atoms. The Morgan fingerprint density at radius 2 is 2.00 bits per heavy atom. The van der Waals surface area contributed by atoms with Gasteiger partial charge in [-0.2, -0.15) is 8.42 Å². The normalized spacial score (nSPS) is 11.2. The molecule has 0 aromatic heterocycles. The molecular weight excluding hydrogens is 242 g/mol. The number of hydrogen-bond acceptors (Lipinski definition) is 4. The van der Waals surface area contributed by atoms with Crippen molar-refractivity contribution in [1.29, 1.82) is 0 Å². The SMILES string of the molecule is COc1ccccc1NCCCCS(=O)(=O)O. The lowest BCUT2D eigenvalue weighted by atomic mass is 10.2. The van der Waals surface area contributed by atoms with Crippen molar-refractivity contribution in [1.82, 2.24) is 0 Å². The Hall–Kier alpha value is -1.27. The average molecular weight is 259 g/mol. The zero-order valence-electron chi connectivity index (χ0n) is 9.72. The molecule has 17 heavy (non-hydrogen) atoms. The van der Waals surface area contributed by atoms with Crippen molar-refractivity contribution in [2.75, 3.05) is 24.7 Å². The third-order valence-electron chi connectivity index (χ3n) is 2.25. The maximum Gasteiger partial charge on any atom is 0.264 e. The Labute approximate surface area is 102 Å². The summed E-state index contributed by atoms with van der Waals surface area (Å²) in [4.78, 5) is 0. The zero-order valence-corrected chi connectivity index (χ0v) is 10.5. The molecule has 1 aromatic carbocycles. The van der Waals surface area contributed by atoms with Crippen LogP contribution in [0, 0.1) is 0 Å². The number of hydrogen-bond donors (Lipinski definition) is 2. The first kappa shape index (κ1) is 13.8. The van der Waals surface area contributed by atoms with Crippen LogP contribution in [0.5, 0.6) is 5.75 Å². The molecule has 0 aliphatic carbocycles. The predicted octanol–water partition coefficient (Wildman–Crippen LogP) is 1.78. The van der Waals surface area contributed by atoms with Gasteiger partial charge in [-0.05, 0) is 25.0 Å². The minimum Gasteiger partial charge on any atom is -0.495 e. The van der Waals surface area contributed by atoms with Gasteiger partial charge in [-0.1, -0.05) is 12.1 Å². The predicted molar refractivity (Wildman–Crippen MR) is 67.1 cm³/mol. The number of nitrogens with one attached hydrogen (secondary N) is 1. The summed E-state index contributed by atoms with van der Waals surface area (Å²) in [6, 6.07) is 7.51. The second-order valence-electron chi connectivity index (χ2n) is 3.62. The highest BCUT2D eigenvalue weighted by Crippen LogP contribution is 2.22. The van der Waals surface area contributed by atoms with Gasteiger partial charge in [-0.15, -0.1) is 0 Å². The molecule has 0 saturated heterocycles. The standard InChI is InChI=1S/C11H17NO4S/c1-16-11-7-3-2-6-10(11)12-8-4-5-9-17(13,14)15/h2-3,6-7,12H,4-5,8-9H2,1H3,(H,13,14,15). The molecule has 0 fully saturated rings. The molecule has 0 atom stereocenters. The lowest BCUT2D eigenvalue weighted by Crippen LogP contribution is -2.08. The molecular formula is C11H17NO4S. The number of ether oxygens (including phenoxy) is 1. The fourth-order valence-corrected chi connectivity index (χ4v) is 1.99. The van der Waals surface area contributed by atoms with Crippen molar-refractivity contribution in [2.24, 2.45) is 0 Å². The third kappa shape index (κ3) is 5.55. The highest BCUT2D eigenvalue weighted by Gasteiger charge is 2.04. The fourth-order valence-electron chi connectivity index (χ4n) is 1.42. The Morgan fingerprint density at radius 3 is 2.65 bits per heavy atom. The number of anilines is 1. The largest absolute Gasteiger partial charge is 0.495 e. The maximum atomic E-state index is 10.5. The van der Waals surface area contributed by atoms with Crippen LogP contribution in [-0.4, -0.2) is 32.4 Å². The van der Waals surface area contributed by atoms with E-state index in [1.165, 1.54) is 0 Å². The van der Waals surface area contributed by atoms with E-state index in [-0.39, 0.29) is 5.75 Å². The minimum atomic E-state index is -3.83. The molecule has 0 unspecified atom stereocenters. The summed E-state index contributed by atoms with van der Waals surface area (Å²) in [6.45, 7) is 0.635. The molecule has 96 valence electrons. The van der Waals surface area contributed by atoms with Crippen molar-refractivity contribution in [3.8, 4) is 5.75 Å². The second-order valence-corrected chi connectivity index (χ2v) is 5.19. The zero-order chi connectivity index (χ0) is 12.7. The van der Waals surface area contributed by atoms with Gasteiger partial charge in [0.1, 0.15) is 5.75 Å². The van der Waals surface area contributed by atoms with Crippen LogP contribution < -0.4 is 10.1 Å². The lowest BCUT2D eigenvalue weighted by Gasteiger charge is -2.10. The number of unbranched alkanes of at least 4 members (excludes halogenated alkanes) is 1. The molecule has 0 aliphatic rings. The summed E-state index contributed by atoms with van der Waals surface area (Å²) in [6.07, 6.45) is 1.10. The summed E-state index contributed by atoms with van der Waals surface area (Å²) in [5, 5.41) is 3.15. The first-order chi connectivity index (χ1) is 8.03. The number of benzene rings is 1. The van der Waals surface area contributed by atoms with Crippen LogP contribution in [0.4, 0.5) is 5.69 Å². The number of methoxy groups -OCH3 is 1. The van der Waals surface area contributed by atoms with E-state index >= 15 is 0 Å². The maximum absolute atomic E-state index is 10.5. The Balaban J connectivity index is 2.31. The Morgan fingerprint density at radius 1 is 1.29 bits per heavy atom. The number of rotatable bonds is 7. The van der Waals surface area contributed by atoms with E-state index in [9.17, 15) is 8.42 Å². The van der Waals surface area contributed by atoms with Gasteiger partial charge in [0.2, 0.25) is 0 Å². The highest BCUT2D eigenvalue weighted by atomic mass is 32.2. The molecule has 0 aliphatic heterocycles. The topological polar surface area (TPSA) is 75.6 Å². The molecule has 0 radical (unpaired) electrons. The van der Waals surface area contributed by atoms with E-state index in [4.69, 9.17) is 9.29 Å². The molecule has 5 nitrogen and oxygen atoms in total. The van der Waals surface area contributed by atoms with Gasteiger partial charge in [0.05, 0.1) is 18.6 Å². The summed E-state index contributed by atoms with van der Waals surface area (Å²) in [5.74, 6) is 0.558. The van der Waals surface area contributed by atoms with Gasteiger partial charge in [0, 0.05) is 6.54 Å².